The van der Waals surface area contributed by atoms with E-state index in [9.17, 15) is 0 Å². The maximum Gasteiger partial charge on any atom is 0.137 e. The Morgan fingerprint density at radius 1 is 0.533 bits per heavy atom. The minimum absolute atomic E-state index is 0.738. The van der Waals surface area contributed by atoms with Crippen LogP contribution in [0.4, 0.5) is 0 Å². The summed E-state index contributed by atoms with van der Waals surface area (Å²) in [5.74, 6) is 3.44. The van der Waals surface area contributed by atoms with Crippen molar-refractivity contribution >= 4 is 52.4 Å². The van der Waals surface area contributed by atoms with Crippen molar-refractivity contribution in [1.29, 1.82) is 0 Å². The van der Waals surface area contributed by atoms with Gasteiger partial charge >= 0.3 is 0 Å². The second-order valence-corrected chi connectivity index (χ2v) is 18.5. The van der Waals surface area contributed by atoms with Crippen LogP contribution < -0.4 is 9.47 Å². The Labute approximate surface area is 183 Å². The van der Waals surface area contributed by atoms with E-state index in [1.807, 2.05) is 0 Å². The van der Waals surface area contributed by atoms with Gasteiger partial charge in [-0.25, -0.2) is 20.1 Å². The zero-order valence-electron chi connectivity index (χ0n) is 18.8. The molecule has 0 aliphatic heterocycles. The Morgan fingerprint density at radius 2 is 1.03 bits per heavy atom. The van der Waals surface area contributed by atoms with E-state index in [2.05, 4.69) is 98.2 Å². The van der Waals surface area contributed by atoms with Gasteiger partial charge in [-0.05, 0) is 54.4 Å². The third-order valence-electron chi connectivity index (χ3n) is 4.93. The second kappa shape index (κ2) is 7.90. The van der Waals surface area contributed by atoms with E-state index in [4.69, 9.17) is 9.47 Å². The van der Waals surface area contributed by atoms with Crippen LogP contribution in [0.3, 0.4) is 0 Å². The molecule has 0 aliphatic rings. The van der Waals surface area contributed by atoms with Crippen LogP contribution in [0.2, 0.25) is 0 Å². The lowest BCUT2D eigenvalue weighted by molar-refractivity contribution is 0.393. The molecule has 0 aromatic heterocycles. The lowest BCUT2D eigenvalue weighted by Gasteiger charge is -2.28. The Balaban J connectivity index is 2.07. The van der Waals surface area contributed by atoms with E-state index in [1.54, 1.807) is 0 Å². The third kappa shape index (κ3) is 4.35. The van der Waals surface area contributed by atoms with Gasteiger partial charge in [-0.3, -0.25) is 0 Å². The summed E-state index contributed by atoms with van der Waals surface area (Å²) in [4.78, 5) is 0. The fraction of sp³-hybridized carbons (Fsp3) is 0.308. The summed E-state index contributed by atoms with van der Waals surface area (Å²) in [6.07, 6.45) is 13.7. The van der Waals surface area contributed by atoms with Crippen LogP contribution in [0.15, 0.2) is 60.7 Å². The van der Waals surface area contributed by atoms with E-state index in [1.165, 1.54) is 10.8 Å². The van der Waals surface area contributed by atoms with Crippen LogP contribution in [-0.4, -0.2) is 49.4 Å². The molecule has 4 rings (SSSR count). The zero-order chi connectivity index (χ0) is 21.5. The van der Waals surface area contributed by atoms with Crippen LogP contribution in [-0.2, 0) is 0 Å². The molecule has 4 aromatic rings. The van der Waals surface area contributed by atoms with Gasteiger partial charge in [0.25, 0.3) is 0 Å². The molecule has 30 heavy (non-hydrogen) atoms. The predicted octanol–water partition coefficient (Wildman–Crippen LogP) is 7.21. The van der Waals surface area contributed by atoms with Gasteiger partial charge in [0, 0.05) is 21.5 Å². The van der Waals surface area contributed by atoms with Gasteiger partial charge in [0.1, 0.15) is 23.4 Å². The highest BCUT2D eigenvalue weighted by atomic mass is 32.3. The SMILES string of the molecule is CS(C)(C)COc1c2ccccc2c(OCS(C)(C)C)c2c1ccc1ccccc12. The molecular weight excluding hydrogens is 408 g/mol. The fourth-order valence-electron chi connectivity index (χ4n) is 3.64. The van der Waals surface area contributed by atoms with Crippen molar-refractivity contribution in [3.05, 3.63) is 60.7 Å². The molecule has 0 amide bonds. The summed E-state index contributed by atoms with van der Waals surface area (Å²) in [5.41, 5.74) is 0. The van der Waals surface area contributed by atoms with Crippen molar-refractivity contribution in [2.45, 2.75) is 0 Å². The largest absolute Gasteiger partial charge is 0.483 e. The van der Waals surface area contributed by atoms with Crippen LogP contribution in [0.5, 0.6) is 11.5 Å². The lowest BCUT2D eigenvalue weighted by Crippen LogP contribution is -2.08. The molecule has 0 bridgehead atoms. The van der Waals surface area contributed by atoms with Crippen LogP contribution in [0.25, 0.3) is 32.3 Å². The van der Waals surface area contributed by atoms with E-state index in [0.717, 1.165) is 44.9 Å². The first-order chi connectivity index (χ1) is 14.1. The average molecular weight is 441 g/mol. The minimum atomic E-state index is -0.803. The standard InChI is InChI=1S/C26H32O2S2/c1-29(2,3)17-27-25-21-13-9-10-14-22(21)26(28-18-30(4,5)6)24-20-12-8-7-11-19(20)15-16-23(24)25/h7-16H,17-18H2,1-6H3. The summed E-state index contributed by atoms with van der Waals surface area (Å²) in [6, 6.07) is 21.5. The van der Waals surface area contributed by atoms with E-state index in [0.29, 0.717) is 0 Å². The molecular formula is C26H32O2S2. The second-order valence-electron chi connectivity index (χ2n) is 9.62. The van der Waals surface area contributed by atoms with E-state index < -0.39 is 20.1 Å². The first-order valence-corrected chi connectivity index (χ1v) is 16.1. The maximum atomic E-state index is 6.59. The highest BCUT2D eigenvalue weighted by molar-refractivity contribution is 8.32. The summed E-state index contributed by atoms with van der Waals surface area (Å²) >= 11 is 0. The molecule has 0 saturated heterocycles. The molecule has 0 saturated carbocycles. The molecule has 0 radical (unpaired) electrons. The molecule has 0 N–H and O–H groups in total. The Morgan fingerprint density at radius 3 is 1.63 bits per heavy atom. The molecule has 0 spiro atoms. The highest BCUT2D eigenvalue weighted by Gasteiger charge is 2.20. The Hall–Kier alpha value is -2.04. The Kier molecular flexibility index (Phi) is 5.58. The number of hydrogen-bond acceptors (Lipinski definition) is 2. The van der Waals surface area contributed by atoms with Crippen molar-refractivity contribution in [1.82, 2.24) is 0 Å². The number of ether oxygens (including phenoxy) is 2. The number of hydrogen-bond donors (Lipinski definition) is 0. The molecule has 0 atom stereocenters. The normalized spacial score (nSPS) is 13.7. The Bertz CT molecular complexity index is 1220. The number of fused-ring (bicyclic) bond motifs is 4. The topological polar surface area (TPSA) is 18.5 Å². The van der Waals surface area contributed by atoms with Gasteiger partial charge in [-0.1, -0.05) is 54.6 Å². The first kappa shape index (κ1) is 21.2. The van der Waals surface area contributed by atoms with E-state index in [-0.39, 0.29) is 0 Å². The van der Waals surface area contributed by atoms with Crippen LogP contribution in [0.1, 0.15) is 0 Å². The lowest BCUT2D eigenvalue weighted by atomic mass is 9.96. The smallest absolute Gasteiger partial charge is 0.137 e. The van der Waals surface area contributed by atoms with E-state index >= 15 is 0 Å². The van der Waals surface area contributed by atoms with Crippen LogP contribution >= 0.6 is 20.1 Å². The van der Waals surface area contributed by atoms with Gasteiger partial charge in [0.2, 0.25) is 0 Å². The van der Waals surface area contributed by atoms with Crippen molar-refractivity contribution < 1.29 is 9.47 Å². The van der Waals surface area contributed by atoms with Gasteiger partial charge in [-0.2, -0.15) is 0 Å². The summed E-state index contributed by atoms with van der Waals surface area (Å²) < 4.78 is 13.1. The van der Waals surface area contributed by atoms with Crippen molar-refractivity contribution in [3.63, 3.8) is 0 Å². The van der Waals surface area contributed by atoms with Crippen molar-refractivity contribution in [2.75, 3.05) is 49.4 Å². The maximum absolute atomic E-state index is 6.59. The first-order valence-electron chi connectivity index (χ1n) is 10.1. The quantitative estimate of drug-likeness (QED) is 0.233. The molecule has 4 aromatic carbocycles. The number of rotatable bonds is 6. The number of benzene rings is 4. The van der Waals surface area contributed by atoms with Gasteiger partial charge in [0.15, 0.2) is 0 Å². The molecule has 0 fully saturated rings. The molecule has 0 unspecified atom stereocenters. The molecule has 2 nitrogen and oxygen atoms in total. The van der Waals surface area contributed by atoms with Crippen molar-refractivity contribution in [3.8, 4) is 11.5 Å². The predicted molar refractivity (Wildman–Crippen MR) is 141 cm³/mol. The fourth-order valence-corrected chi connectivity index (χ4v) is 4.58. The summed E-state index contributed by atoms with van der Waals surface area (Å²) in [6.45, 7) is 0. The summed E-state index contributed by atoms with van der Waals surface area (Å²) in [5, 5.41) is 6.99. The third-order valence-corrected chi connectivity index (χ3v) is 6.58. The molecule has 0 aliphatic carbocycles. The van der Waals surface area contributed by atoms with Gasteiger partial charge < -0.3 is 9.47 Å². The molecule has 0 heterocycles. The average Bonchev–Trinajstić information content (AvgIpc) is 2.68. The van der Waals surface area contributed by atoms with Gasteiger partial charge in [0.05, 0.1) is 0 Å². The van der Waals surface area contributed by atoms with Gasteiger partial charge in [-0.15, -0.1) is 0 Å². The zero-order valence-corrected chi connectivity index (χ0v) is 20.5. The monoisotopic (exact) mass is 440 g/mol. The van der Waals surface area contributed by atoms with Crippen molar-refractivity contribution in [2.24, 2.45) is 0 Å². The van der Waals surface area contributed by atoms with Crippen LogP contribution in [0, 0.1) is 0 Å². The molecule has 160 valence electrons. The minimum Gasteiger partial charge on any atom is -0.483 e. The molecule has 4 heteroatoms. The highest BCUT2D eigenvalue weighted by Crippen LogP contribution is 2.48. The summed E-state index contributed by atoms with van der Waals surface area (Å²) in [7, 11) is -1.59.